The molecule has 2 heterocycles. The lowest BCUT2D eigenvalue weighted by Gasteiger charge is -2.30. The molecule has 1 aliphatic heterocycles. The molecule has 0 N–H and O–H groups in total. The van der Waals surface area contributed by atoms with E-state index in [9.17, 15) is 4.79 Å². The fourth-order valence-electron chi connectivity index (χ4n) is 2.61. The van der Waals surface area contributed by atoms with Gasteiger partial charge in [-0.15, -0.1) is 23.1 Å². The maximum absolute atomic E-state index is 12.3. The monoisotopic (exact) mass is 348 g/mol. The smallest absolute Gasteiger partial charge is 0.348 e. The largest absolute Gasteiger partial charge is 0.456 e. The van der Waals surface area contributed by atoms with Crippen molar-refractivity contribution in [1.29, 1.82) is 0 Å². The van der Waals surface area contributed by atoms with Crippen molar-refractivity contribution in [3.8, 4) is 0 Å². The molecule has 1 atom stereocenters. The van der Waals surface area contributed by atoms with Gasteiger partial charge in [0.2, 0.25) is 0 Å². The van der Waals surface area contributed by atoms with Crippen LogP contribution in [0.15, 0.2) is 23.2 Å². The van der Waals surface area contributed by atoms with Gasteiger partial charge in [0.05, 0.1) is 5.69 Å². The van der Waals surface area contributed by atoms with Gasteiger partial charge in [0, 0.05) is 28.9 Å². The molecule has 122 valence electrons. The number of nitrogens with zero attached hydrogens (tertiary/aromatic N) is 2. The zero-order valence-electron chi connectivity index (χ0n) is 13.9. The Labute approximate surface area is 144 Å². The summed E-state index contributed by atoms with van der Waals surface area (Å²) in [6.45, 7) is 5.65. The summed E-state index contributed by atoms with van der Waals surface area (Å²) in [4.78, 5) is 19.7. The minimum Gasteiger partial charge on any atom is -0.456 e. The number of aliphatic imine (C=N–C) groups is 1. The number of carbonyl (C=O) groups excluding carboxylic acids is 1. The number of thiophene rings is 1. The fraction of sp³-hybridized carbons (Fsp3) is 0.412. The minimum absolute atomic E-state index is 0.0676. The second-order valence-corrected chi connectivity index (χ2v) is 8.46. The molecule has 23 heavy (non-hydrogen) atoms. The summed E-state index contributed by atoms with van der Waals surface area (Å²) in [6, 6.07) is 6.05. The van der Waals surface area contributed by atoms with Crippen molar-refractivity contribution in [3.63, 3.8) is 0 Å². The molecule has 4 nitrogen and oxygen atoms in total. The zero-order chi connectivity index (χ0) is 16.8. The number of fused-ring (bicyclic) bond motifs is 3. The summed E-state index contributed by atoms with van der Waals surface area (Å²) in [6.07, 6.45) is 3.96. The third-order valence-corrected chi connectivity index (χ3v) is 5.48. The predicted molar refractivity (Wildman–Crippen MR) is 100 cm³/mol. The first-order chi connectivity index (χ1) is 10.8. The quantitative estimate of drug-likeness (QED) is 0.756. The highest BCUT2D eigenvalue weighted by Gasteiger charge is 2.25. The highest BCUT2D eigenvalue weighted by Crippen LogP contribution is 2.39. The Morgan fingerprint density at radius 2 is 2.13 bits per heavy atom. The number of anilines is 1. The van der Waals surface area contributed by atoms with Crippen LogP contribution < -0.4 is 4.90 Å². The van der Waals surface area contributed by atoms with Gasteiger partial charge in [-0.2, -0.15) is 0 Å². The molecule has 1 aromatic heterocycles. The maximum Gasteiger partial charge on any atom is 0.348 e. The summed E-state index contributed by atoms with van der Waals surface area (Å²) < 4.78 is 6.58. The van der Waals surface area contributed by atoms with E-state index in [0.29, 0.717) is 4.88 Å². The molecule has 1 aliphatic rings. The van der Waals surface area contributed by atoms with E-state index in [0.717, 1.165) is 21.3 Å². The molecular weight excluding hydrogens is 328 g/mol. The lowest BCUT2D eigenvalue weighted by atomic mass is 10.1. The first-order valence-electron chi connectivity index (χ1n) is 7.39. The molecule has 3 rings (SSSR count). The summed E-state index contributed by atoms with van der Waals surface area (Å²) >= 11 is 3.16. The Kier molecular flexibility index (Phi) is 4.14. The van der Waals surface area contributed by atoms with Crippen molar-refractivity contribution < 1.29 is 9.53 Å². The summed E-state index contributed by atoms with van der Waals surface area (Å²) in [5, 5.41) is 1.08. The third-order valence-electron chi connectivity index (χ3n) is 3.54. The first kappa shape index (κ1) is 16.3. The van der Waals surface area contributed by atoms with Crippen LogP contribution in [0.4, 0.5) is 5.69 Å². The predicted octanol–water partition coefficient (Wildman–Crippen LogP) is 4.37. The van der Waals surface area contributed by atoms with Gasteiger partial charge in [-0.3, -0.25) is 4.99 Å². The van der Waals surface area contributed by atoms with E-state index in [4.69, 9.17) is 4.74 Å². The summed E-state index contributed by atoms with van der Waals surface area (Å²) in [7, 11) is 2.04. The van der Waals surface area contributed by atoms with Crippen molar-refractivity contribution >= 4 is 51.1 Å². The average molecular weight is 348 g/mol. The number of benzene rings is 1. The standard InChI is InChI=1S/C17H20N2O2S2/c1-17(2,3)21-15(20)13-8-11-12(23-13)7-6-10-9-18-16(22-5)19(4)14(10)11/h6-9,16H,1-5H3. The molecule has 0 spiro atoms. The summed E-state index contributed by atoms with van der Waals surface area (Å²) in [5.41, 5.74) is 1.79. The highest BCUT2D eigenvalue weighted by molar-refractivity contribution is 7.99. The van der Waals surface area contributed by atoms with Crippen LogP contribution in [0.3, 0.4) is 0 Å². The second kappa shape index (κ2) is 5.83. The molecule has 1 aromatic carbocycles. The molecule has 0 radical (unpaired) electrons. The number of carbonyl (C=O) groups is 1. The Bertz CT molecular complexity index is 790. The van der Waals surface area contributed by atoms with Gasteiger partial charge in [-0.05, 0) is 45.2 Å². The van der Waals surface area contributed by atoms with E-state index in [-0.39, 0.29) is 11.5 Å². The van der Waals surface area contributed by atoms with Gasteiger partial charge in [-0.25, -0.2) is 4.79 Å². The van der Waals surface area contributed by atoms with Crippen molar-refractivity contribution in [3.05, 3.63) is 28.6 Å². The van der Waals surface area contributed by atoms with Crippen molar-refractivity contribution in [2.24, 2.45) is 4.99 Å². The normalized spacial score (nSPS) is 17.4. The van der Waals surface area contributed by atoms with Crippen LogP contribution in [0.5, 0.6) is 0 Å². The molecule has 0 saturated heterocycles. The highest BCUT2D eigenvalue weighted by atomic mass is 32.2. The number of hydrogen-bond donors (Lipinski definition) is 0. The number of esters is 1. The Morgan fingerprint density at radius 3 is 2.78 bits per heavy atom. The average Bonchev–Trinajstić information content (AvgIpc) is 2.90. The van der Waals surface area contributed by atoms with E-state index in [1.54, 1.807) is 11.8 Å². The SMILES string of the molecule is CSC1N=Cc2ccc3sc(C(=O)OC(C)(C)C)cc3c2N1C. The molecule has 0 bridgehead atoms. The lowest BCUT2D eigenvalue weighted by Crippen LogP contribution is -2.30. The number of thioether (sulfide) groups is 1. The van der Waals surface area contributed by atoms with Crippen LogP contribution in [-0.2, 0) is 4.74 Å². The van der Waals surface area contributed by atoms with E-state index >= 15 is 0 Å². The first-order valence-corrected chi connectivity index (χ1v) is 9.49. The molecule has 2 aromatic rings. The molecule has 0 aliphatic carbocycles. The van der Waals surface area contributed by atoms with Crippen LogP contribution in [0, 0.1) is 0 Å². The van der Waals surface area contributed by atoms with Gasteiger partial charge < -0.3 is 9.64 Å². The summed E-state index contributed by atoms with van der Waals surface area (Å²) in [5.74, 6) is -0.263. The maximum atomic E-state index is 12.3. The van der Waals surface area contributed by atoms with Gasteiger partial charge in [0.1, 0.15) is 10.5 Å². The van der Waals surface area contributed by atoms with Gasteiger partial charge in [0.25, 0.3) is 0 Å². The van der Waals surface area contributed by atoms with Crippen LogP contribution in [-0.4, -0.2) is 36.6 Å². The molecule has 6 heteroatoms. The number of hydrogen-bond acceptors (Lipinski definition) is 6. The van der Waals surface area contributed by atoms with Gasteiger partial charge in [0.15, 0.2) is 5.50 Å². The molecule has 0 amide bonds. The van der Waals surface area contributed by atoms with E-state index in [1.807, 2.05) is 52.4 Å². The van der Waals surface area contributed by atoms with E-state index in [1.165, 1.54) is 11.3 Å². The fourth-order valence-corrected chi connectivity index (χ4v) is 4.16. The Balaban J connectivity index is 2.07. The Morgan fingerprint density at radius 1 is 1.39 bits per heavy atom. The molecule has 1 unspecified atom stereocenters. The van der Waals surface area contributed by atoms with Gasteiger partial charge in [-0.1, -0.05) is 0 Å². The van der Waals surface area contributed by atoms with Crippen LogP contribution in [0.25, 0.3) is 10.1 Å². The molecule has 0 fully saturated rings. The minimum atomic E-state index is -0.486. The number of rotatable bonds is 2. The topological polar surface area (TPSA) is 41.9 Å². The van der Waals surface area contributed by atoms with Gasteiger partial charge >= 0.3 is 5.97 Å². The van der Waals surface area contributed by atoms with Crippen molar-refractivity contribution in [2.75, 3.05) is 18.2 Å². The second-order valence-electron chi connectivity index (χ2n) is 6.48. The van der Waals surface area contributed by atoms with Crippen LogP contribution in [0.2, 0.25) is 0 Å². The van der Waals surface area contributed by atoms with Crippen molar-refractivity contribution in [1.82, 2.24) is 0 Å². The molecule has 0 saturated carbocycles. The Hall–Kier alpha value is -1.53. The van der Waals surface area contributed by atoms with Crippen LogP contribution in [0.1, 0.15) is 36.0 Å². The number of ether oxygens (including phenoxy) is 1. The lowest BCUT2D eigenvalue weighted by molar-refractivity contribution is 0.00753. The molecular formula is C17H20N2O2S2. The third kappa shape index (κ3) is 3.10. The van der Waals surface area contributed by atoms with E-state index in [2.05, 4.69) is 16.0 Å². The van der Waals surface area contributed by atoms with Crippen molar-refractivity contribution in [2.45, 2.75) is 31.9 Å². The zero-order valence-corrected chi connectivity index (χ0v) is 15.5. The van der Waals surface area contributed by atoms with E-state index < -0.39 is 5.60 Å². The van der Waals surface area contributed by atoms with Crippen LogP contribution >= 0.6 is 23.1 Å².